The fraction of sp³-hybridized carbons (Fsp3) is 0.682. The van der Waals surface area contributed by atoms with Crippen LogP contribution in [-0.4, -0.2) is 69.3 Å². The summed E-state index contributed by atoms with van der Waals surface area (Å²) in [5, 5.41) is 0. The Morgan fingerprint density at radius 3 is 2.00 bits per heavy atom. The molecule has 0 bridgehead atoms. The molecule has 1 aromatic rings. The number of sulfonamides is 1. The molecule has 3 rings (SSSR count). The number of amides is 1. The minimum Gasteiger partial charge on any atom is -0.338 e. The molecule has 0 radical (unpaired) electrons. The Labute approximate surface area is 175 Å². The van der Waals surface area contributed by atoms with E-state index in [0.29, 0.717) is 37.6 Å². The first-order chi connectivity index (χ1) is 13.5. The van der Waals surface area contributed by atoms with E-state index in [-0.39, 0.29) is 11.3 Å². The van der Waals surface area contributed by atoms with Crippen LogP contribution in [0.3, 0.4) is 0 Å². The molecule has 29 heavy (non-hydrogen) atoms. The van der Waals surface area contributed by atoms with Gasteiger partial charge in [-0.1, -0.05) is 32.9 Å². The molecule has 2 fully saturated rings. The van der Waals surface area contributed by atoms with Gasteiger partial charge in [0.1, 0.15) is 0 Å². The largest absolute Gasteiger partial charge is 0.338 e. The number of nitrogens with zero attached hydrogens (tertiary/aromatic N) is 2. The summed E-state index contributed by atoms with van der Waals surface area (Å²) in [6.07, 6.45) is 2.19. The summed E-state index contributed by atoms with van der Waals surface area (Å²) in [5.41, 5.74) is 2.76. The summed E-state index contributed by atoms with van der Waals surface area (Å²) in [4.78, 5) is 16.0. The molecular weight excluding hydrogens is 386 g/mol. The van der Waals surface area contributed by atoms with Crippen molar-refractivity contribution in [1.82, 2.24) is 9.21 Å². The Kier molecular flexibility index (Phi) is 6.41. The van der Waals surface area contributed by atoms with Crippen molar-refractivity contribution in [2.24, 2.45) is 0 Å². The van der Waals surface area contributed by atoms with Gasteiger partial charge in [0.05, 0.1) is 31.1 Å². The molecule has 7 heteroatoms. The van der Waals surface area contributed by atoms with E-state index >= 15 is 0 Å². The Hall–Kier alpha value is -1.44. The van der Waals surface area contributed by atoms with E-state index in [9.17, 15) is 13.2 Å². The Morgan fingerprint density at radius 1 is 1.00 bits per heavy atom. The molecule has 0 atom stereocenters. The summed E-state index contributed by atoms with van der Waals surface area (Å²) in [6, 6.07) is 4.02. The maximum absolute atomic E-state index is 13.4. The Bertz CT molecular complexity index is 837. The van der Waals surface area contributed by atoms with Gasteiger partial charge in [-0.2, -0.15) is 4.31 Å². The van der Waals surface area contributed by atoms with Crippen LogP contribution in [0, 0.1) is 13.8 Å². The minimum absolute atomic E-state index is 0.0192. The molecular formula is C22H36N3O3S+. The standard InChI is InChI=1S/C22H35N3O3S/c1-17-14-19(22(3,4)5)15-18(2)21(17)29(27,28)25-12-10-23(11-13-25)16-20(26)24-8-6-7-9-24/h14-15H,6-13,16H2,1-5H3/p+1. The van der Waals surface area contributed by atoms with Crippen LogP contribution in [0.1, 0.15) is 50.3 Å². The molecule has 2 aliphatic rings. The molecule has 6 nitrogen and oxygen atoms in total. The van der Waals surface area contributed by atoms with Crippen LogP contribution in [0.4, 0.5) is 0 Å². The number of hydrogen-bond donors (Lipinski definition) is 1. The number of likely N-dealkylation sites (tertiary alicyclic amines) is 1. The van der Waals surface area contributed by atoms with E-state index in [1.807, 2.05) is 30.9 Å². The van der Waals surface area contributed by atoms with Crippen molar-refractivity contribution in [1.29, 1.82) is 0 Å². The smallest absolute Gasteiger partial charge is 0.277 e. The summed E-state index contributed by atoms with van der Waals surface area (Å²) in [5.74, 6) is 0.207. The molecule has 1 amide bonds. The number of rotatable bonds is 4. The number of hydrogen-bond acceptors (Lipinski definition) is 3. The highest BCUT2D eigenvalue weighted by atomic mass is 32.2. The van der Waals surface area contributed by atoms with E-state index in [4.69, 9.17) is 0 Å². The van der Waals surface area contributed by atoms with E-state index in [0.717, 1.165) is 42.6 Å². The molecule has 0 spiro atoms. The van der Waals surface area contributed by atoms with Crippen LogP contribution >= 0.6 is 0 Å². The zero-order chi connectivity index (χ0) is 21.4. The van der Waals surface area contributed by atoms with Crippen LogP contribution in [0.2, 0.25) is 0 Å². The third-order valence-corrected chi connectivity index (χ3v) is 8.42. The molecule has 162 valence electrons. The summed E-state index contributed by atoms with van der Waals surface area (Å²) in [6.45, 7) is 14.7. The molecule has 0 aliphatic carbocycles. The van der Waals surface area contributed by atoms with Crippen molar-refractivity contribution in [3.8, 4) is 0 Å². The second-order valence-electron chi connectivity index (χ2n) is 9.61. The molecule has 1 N–H and O–H groups in total. The van der Waals surface area contributed by atoms with Crippen molar-refractivity contribution < 1.29 is 18.1 Å². The lowest BCUT2D eigenvalue weighted by molar-refractivity contribution is -0.896. The van der Waals surface area contributed by atoms with Crippen molar-refractivity contribution in [2.75, 3.05) is 45.8 Å². The topological polar surface area (TPSA) is 62.1 Å². The SMILES string of the molecule is Cc1cc(C(C)(C)C)cc(C)c1S(=O)(=O)N1CC[NH+](CC(=O)N2CCCC2)CC1. The predicted octanol–water partition coefficient (Wildman–Crippen LogP) is 1.11. The van der Waals surface area contributed by atoms with Gasteiger partial charge in [-0.25, -0.2) is 8.42 Å². The molecule has 0 saturated carbocycles. The average molecular weight is 423 g/mol. The lowest BCUT2D eigenvalue weighted by Crippen LogP contribution is -3.15. The molecule has 1 aromatic carbocycles. The summed E-state index contributed by atoms with van der Waals surface area (Å²) >= 11 is 0. The first-order valence-electron chi connectivity index (χ1n) is 10.7. The van der Waals surface area contributed by atoms with Crippen LogP contribution in [0.15, 0.2) is 17.0 Å². The lowest BCUT2D eigenvalue weighted by atomic mass is 9.85. The first kappa shape index (κ1) is 22.2. The highest BCUT2D eigenvalue weighted by Crippen LogP contribution is 2.30. The predicted molar refractivity (Wildman–Crippen MR) is 115 cm³/mol. The highest BCUT2D eigenvalue weighted by molar-refractivity contribution is 7.89. The van der Waals surface area contributed by atoms with Crippen molar-refractivity contribution in [3.63, 3.8) is 0 Å². The van der Waals surface area contributed by atoms with Gasteiger partial charge < -0.3 is 9.80 Å². The first-order valence-corrected chi connectivity index (χ1v) is 12.2. The molecule has 2 aliphatic heterocycles. The van der Waals surface area contributed by atoms with Crippen molar-refractivity contribution in [3.05, 3.63) is 28.8 Å². The lowest BCUT2D eigenvalue weighted by Gasteiger charge is -2.33. The van der Waals surface area contributed by atoms with Crippen LogP contribution in [0.25, 0.3) is 0 Å². The van der Waals surface area contributed by atoms with Gasteiger partial charge >= 0.3 is 0 Å². The molecule has 2 saturated heterocycles. The monoisotopic (exact) mass is 422 g/mol. The number of nitrogens with one attached hydrogen (secondary N) is 1. The third kappa shape index (κ3) is 4.84. The van der Waals surface area contributed by atoms with Gasteiger partial charge in [-0.05, 0) is 48.8 Å². The Balaban J connectivity index is 1.69. The zero-order valence-corrected chi connectivity index (χ0v) is 19.4. The Morgan fingerprint density at radius 2 is 1.52 bits per heavy atom. The molecule has 0 aromatic heterocycles. The zero-order valence-electron chi connectivity index (χ0n) is 18.5. The van der Waals surface area contributed by atoms with Crippen molar-refractivity contribution >= 4 is 15.9 Å². The van der Waals surface area contributed by atoms with E-state index in [2.05, 4.69) is 20.8 Å². The second-order valence-corrected chi connectivity index (χ2v) is 11.5. The number of piperazine rings is 1. The minimum atomic E-state index is -3.53. The number of aryl methyl sites for hydroxylation is 2. The van der Waals surface area contributed by atoms with E-state index in [1.165, 1.54) is 4.90 Å². The summed E-state index contributed by atoms with van der Waals surface area (Å²) < 4.78 is 28.3. The number of carbonyl (C=O) groups excluding carboxylic acids is 1. The van der Waals surface area contributed by atoms with E-state index in [1.54, 1.807) is 4.31 Å². The van der Waals surface area contributed by atoms with Gasteiger partial charge in [-0.15, -0.1) is 0 Å². The number of benzene rings is 1. The van der Waals surface area contributed by atoms with Gasteiger partial charge in [-0.3, -0.25) is 4.79 Å². The van der Waals surface area contributed by atoms with Gasteiger partial charge in [0, 0.05) is 13.1 Å². The van der Waals surface area contributed by atoms with Crippen LogP contribution < -0.4 is 4.90 Å². The molecule has 0 unspecified atom stereocenters. The second kappa shape index (κ2) is 8.36. The van der Waals surface area contributed by atoms with Crippen molar-refractivity contribution in [2.45, 2.75) is 57.8 Å². The number of carbonyl (C=O) groups is 1. The number of quaternary nitrogens is 1. The molecule has 2 heterocycles. The maximum Gasteiger partial charge on any atom is 0.277 e. The average Bonchev–Trinajstić information content (AvgIpc) is 3.15. The quantitative estimate of drug-likeness (QED) is 0.791. The summed E-state index contributed by atoms with van der Waals surface area (Å²) in [7, 11) is -3.53. The van der Waals surface area contributed by atoms with E-state index < -0.39 is 10.0 Å². The third-order valence-electron chi connectivity index (χ3n) is 6.21. The highest BCUT2D eigenvalue weighted by Gasteiger charge is 2.34. The fourth-order valence-corrected chi connectivity index (χ4v) is 6.28. The fourth-order valence-electron chi connectivity index (χ4n) is 4.43. The normalized spacial score (nSPS) is 19.7. The van der Waals surface area contributed by atoms with Crippen LogP contribution in [0.5, 0.6) is 0 Å². The maximum atomic E-state index is 13.4. The van der Waals surface area contributed by atoms with Gasteiger partial charge in [0.25, 0.3) is 5.91 Å². The van der Waals surface area contributed by atoms with Gasteiger partial charge in [0.2, 0.25) is 10.0 Å². The van der Waals surface area contributed by atoms with Crippen LogP contribution in [-0.2, 0) is 20.2 Å². The van der Waals surface area contributed by atoms with Gasteiger partial charge in [0.15, 0.2) is 6.54 Å².